The molecule has 0 aliphatic rings. The third-order valence-corrected chi connectivity index (χ3v) is 2.85. The van der Waals surface area contributed by atoms with E-state index < -0.39 is 6.10 Å². The first-order chi connectivity index (χ1) is 6.63. The van der Waals surface area contributed by atoms with Gasteiger partial charge in [0.15, 0.2) is 0 Å². The van der Waals surface area contributed by atoms with Crippen molar-refractivity contribution >= 4 is 11.8 Å². The Balaban J connectivity index is 2.55. The van der Waals surface area contributed by atoms with E-state index in [9.17, 15) is 0 Å². The Morgan fingerprint density at radius 3 is 2.71 bits per heavy atom. The molecule has 0 saturated heterocycles. The topological polar surface area (TPSA) is 66.2 Å². The van der Waals surface area contributed by atoms with Gasteiger partial charge in [-0.05, 0) is 13.8 Å². The third-order valence-electron chi connectivity index (χ3n) is 1.80. The summed E-state index contributed by atoms with van der Waals surface area (Å²) in [7, 11) is 0. The first-order valence-corrected chi connectivity index (χ1v) is 5.34. The number of aromatic nitrogens is 2. The fourth-order valence-corrected chi connectivity index (χ4v) is 1.62. The zero-order chi connectivity index (χ0) is 10.6. The average Bonchev–Trinajstić information content (AvgIpc) is 2.19. The van der Waals surface area contributed by atoms with Gasteiger partial charge < -0.3 is 10.2 Å². The first kappa shape index (κ1) is 11.4. The van der Waals surface area contributed by atoms with Gasteiger partial charge >= 0.3 is 0 Å². The van der Waals surface area contributed by atoms with Crippen molar-refractivity contribution in [3.63, 3.8) is 0 Å². The molecule has 0 aliphatic carbocycles. The van der Waals surface area contributed by atoms with E-state index in [1.165, 1.54) is 11.8 Å². The maximum Gasteiger partial charge on any atom is 0.115 e. The van der Waals surface area contributed by atoms with Crippen LogP contribution in [0.25, 0.3) is 0 Å². The van der Waals surface area contributed by atoms with Gasteiger partial charge in [0, 0.05) is 5.75 Å². The average molecular weight is 214 g/mol. The van der Waals surface area contributed by atoms with Crippen molar-refractivity contribution in [2.45, 2.75) is 25.0 Å². The standard InChI is InChI=1S/C9H14N2O2S/c1-6-7(2)11-9(3-10-6)14-5-8(13)4-12/h3,8,12-13H,4-5H2,1-2H3. The van der Waals surface area contributed by atoms with E-state index in [0.29, 0.717) is 5.75 Å². The van der Waals surface area contributed by atoms with E-state index in [2.05, 4.69) is 9.97 Å². The Kier molecular flexibility index (Phi) is 4.31. The molecule has 2 N–H and O–H groups in total. The van der Waals surface area contributed by atoms with Gasteiger partial charge in [-0.3, -0.25) is 4.98 Å². The number of aryl methyl sites for hydroxylation is 2. The van der Waals surface area contributed by atoms with E-state index in [-0.39, 0.29) is 6.61 Å². The predicted molar refractivity (Wildman–Crippen MR) is 55.3 cm³/mol. The number of thioether (sulfide) groups is 1. The first-order valence-electron chi connectivity index (χ1n) is 4.35. The van der Waals surface area contributed by atoms with Gasteiger partial charge in [-0.1, -0.05) is 0 Å². The number of rotatable bonds is 4. The summed E-state index contributed by atoms with van der Waals surface area (Å²) in [6.07, 6.45) is 0.986. The third kappa shape index (κ3) is 3.25. The van der Waals surface area contributed by atoms with E-state index in [1.54, 1.807) is 6.20 Å². The summed E-state index contributed by atoms with van der Waals surface area (Å²) in [5, 5.41) is 18.5. The largest absolute Gasteiger partial charge is 0.394 e. The molecule has 1 rings (SSSR count). The van der Waals surface area contributed by atoms with Crippen LogP contribution in [0.3, 0.4) is 0 Å². The van der Waals surface area contributed by atoms with Crippen LogP contribution in [-0.4, -0.2) is 38.6 Å². The SMILES string of the molecule is Cc1ncc(SCC(O)CO)nc1C. The Bertz CT molecular complexity index is 307. The van der Waals surface area contributed by atoms with Crippen molar-refractivity contribution in [3.05, 3.63) is 17.6 Å². The molecule has 0 amide bonds. The minimum Gasteiger partial charge on any atom is -0.394 e. The zero-order valence-corrected chi connectivity index (χ0v) is 9.08. The lowest BCUT2D eigenvalue weighted by Gasteiger charge is -2.06. The minimum atomic E-state index is -0.691. The molecule has 5 heteroatoms. The highest BCUT2D eigenvalue weighted by atomic mass is 32.2. The number of hydrogen-bond acceptors (Lipinski definition) is 5. The van der Waals surface area contributed by atoms with Crippen molar-refractivity contribution in [1.82, 2.24) is 9.97 Å². The molecule has 0 spiro atoms. The van der Waals surface area contributed by atoms with Crippen LogP contribution in [0.1, 0.15) is 11.4 Å². The lowest BCUT2D eigenvalue weighted by Crippen LogP contribution is -2.14. The van der Waals surface area contributed by atoms with Crippen LogP contribution in [-0.2, 0) is 0 Å². The molecule has 4 nitrogen and oxygen atoms in total. The molecule has 78 valence electrons. The number of nitrogens with zero attached hydrogens (tertiary/aromatic N) is 2. The molecule has 1 heterocycles. The molecule has 14 heavy (non-hydrogen) atoms. The maximum atomic E-state index is 9.12. The smallest absolute Gasteiger partial charge is 0.115 e. The summed E-state index contributed by atoms with van der Waals surface area (Å²) < 4.78 is 0. The van der Waals surface area contributed by atoms with E-state index in [1.807, 2.05) is 13.8 Å². The summed E-state index contributed by atoms with van der Waals surface area (Å²) in [4.78, 5) is 8.44. The van der Waals surface area contributed by atoms with Gasteiger partial charge in [0.2, 0.25) is 0 Å². The molecular weight excluding hydrogens is 200 g/mol. The Morgan fingerprint density at radius 2 is 2.14 bits per heavy atom. The minimum absolute atomic E-state index is 0.217. The van der Waals surface area contributed by atoms with Crippen LogP contribution in [0, 0.1) is 13.8 Å². The quantitative estimate of drug-likeness (QED) is 0.716. The lowest BCUT2D eigenvalue weighted by atomic mass is 10.4. The zero-order valence-electron chi connectivity index (χ0n) is 8.27. The second-order valence-electron chi connectivity index (χ2n) is 3.03. The second kappa shape index (κ2) is 5.29. The molecule has 1 aromatic heterocycles. The summed E-state index contributed by atoms with van der Waals surface area (Å²) in [5.41, 5.74) is 1.81. The van der Waals surface area contributed by atoms with Crippen LogP contribution < -0.4 is 0 Å². The van der Waals surface area contributed by atoms with E-state index in [0.717, 1.165) is 16.4 Å². The number of hydrogen-bond donors (Lipinski definition) is 2. The predicted octanol–water partition coefficient (Wildman–Crippen LogP) is 0.539. The summed E-state index contributed by atoms with van der Waals surface area (Å²) >= 11 is 1.39. The van der Waals surface area contributed by atoms with Gasteiger partial charge in [-0.2, -0.15) is 0 Å². The van der Waals surface area contributed by atoms with Crippen LogP contribution >= 0.6 is 11.8 Å². The highest BCUT2D eigenvalue weighted by Crippen LogP contribution is 2.16. The maximum absolute atomic E-state index is 9.12. The van der Waals surface area contributed by atoms with Crippen molar-refractivity contribution < 1.29 is 10.2 Å². The van der Waals surface area contributed by atoms with Crippen molar-refractivity contribution in [3.8, 4) is 0 Å². The molecule has 0 radical (unpaired) electrons. The summed E-state index contributed by atoms with van der Waals surface area (Å²) in [5.74, 6) is 0.438. The van der Waals surface area contributed by atoms with Crippen molar-refractivity contribution in [2.75, 3.05) is 12.4 Å². The molecular formula is C9H14N2O2S. The van der Waals surface area contributed by atoms with Gasteiger partial charge in [-0.15, -0.1) is 11.8 Å². The Morgan fingerprint density at radius 1 is 1.43 bits per heavy atom. The lowest BCUT2D eigenvalue weighted by molar-refractivity contribution is 0.113. The van der Waals surface area contributed by atoms with Crippen molar-refractivity contribution in [1.29, 1.82) is 0 Å². The van der Waals surface area contributed by atoms with Crippen molar-refractivity contribution in [2.24, 2.45) is 0 Å². The normalized spacial score (nSPS) is 12.9. The van der Waals surface area contributed by atoms with Gasteiger partial charge in [0.1, 0.15) is 5.03 Å². The molecule has 0 aromatic carbocycles. The number of aliphatic hydroxyl groups is 2. The summed E-state index contributed by atoms with van der Waals surface area (Å²) in [6.45, 7) is 3.58. The fraction of sp³-hybridized carbons (Fsp3) is 0.556. The Hall–Kier alpha value is -0.650. The Labute approximate surface area is 87.4 Å². The molecule has 0 fully saturated rings. The molecule has 1 atom stereocenters. The second-order valence-corrected chi connectivity index (χ2v) is 4.07. The van der Waals surface area contributed by atoms with Gasteiger partial charge in [0.25, 0.3) is 0 Å². The molecule has 0 aliphatic heterocycles. The van der Waals surface area contributed by atoms with Crippen LogP contribution in [0.15, 0.2) is 11.2 Å². The molecule has 0 bridgehead atoms. The highest BCUT2D eigenvalue weighted by molar-refractivity contribution is 7.99. The summed E-state index contributed by atoms with van der Waals surface area (Å²) in [6, 6.07) is 0. The van der Waals surface area contributed by atoms with E-state index >= 15 is 0 Å². The van der Waals surface area contributed by atoms with E-state index in [4.69, 9.17) is 10.2 Å². The number of aliphatic hydroxyl groups excluding tert-OH is 2. The molecule has 0 saturated carbocycles. The van der Waals surface area contributed by atoms with Gasteiger partial charge in [-0.25, -0.2) is 4.98 Å². The fourth-order valence-electron chi connectivity index (χ4n) is 0.824. The molecule has 1 aromatic rings. The van der Waals surface area contributed by atoms with Gasteiger partial charge in [0.05, 0.1) is 30.3 Å². The van der Waals surface area contributed by atoms with Crippen LogP contribution in [0.5, 0.6) is 0 Å². The monoisotopic (exact) mass is 214 g/mol. The molecule has 1 unspecified atom stereocenters. The van der Waals surface area contributed by atoms with Crippen LogP contribution in [0.4, 0.5) is 0 Å². The highest BCUT2D eigenvalue weighted by Gasteiger charge is 2.05. The van der Waals surface area contributed by atoms with Crippen LogP contribution in [0.2, 0.25) is 0 Å².